The van der Waals surface area contributed by atoms with E-state index in [4.69, 9.17) is 5.73 Å². The predicted molar refractivity (Wildman–Crippen MR) is 81.5 cm³/mol. The summed E-state index contributed by atoms with van der Waals surface area (Å²) >= 11 is 0. The van der Waals surface area contributed by atoms with Crippen molar-refractivity contribution in [2.45, 2.75) is 63.3 Å². The molecule has 0 spiro atoms. The maximum atomic E-state index is 9.85. The van der Waals surface area contributed by atoms with Crippen LogP contribution in [0.4, 0.5) is 0 Å². The fraction of sp³-hybridized carbons (Fsp3) is 0.647. The maximum absolute atomic E-state index is 9.85. The molecule has 110 valence electrons. The van der Waals surface area contributed by atoms with E-state index >= 15 is 0 Å². The van der Waals surface area contributed by atoms with E-state index in [2.05, 4.69) is 36.1 Å². The number of nitrogens with two attached hydrogens (primary N) is 1. The Hall–Kier alpha value is -0.900. The molecule has 0 aromatic heterocycles. The summed E-state index contributed by atoms with van der Waals surface area (Å²) in [6.45, 7) is 3.20. The number of aliphatic hydroxyl groups is 1. The Bertz CT molecular complexity index is 448. The van der Waals surface area contributed by atoms with Gasteiger partial charge in [0.25, 0.3) is 0 Å². The summed E-state index contributed by atoms with van der Waals surface area (Å²) in [4.78, 5) is 2.60. The van der Waals surface area contributed by atoms with E-state index in [-0.39, 0.29) is 12.1 Å². The molecule has 3 N–H and O–H groups in total. The zero-order valence-electron chi connectivity index (χ0n) is 12.3. The first-order chi connectivity index (χ1) is 9.65. The Morgan fingerprint density at radius 2 is 1.90 bits per heavy atom. The van der Waals surface area contributed by atoms with Crippen LogP contribution in [-0.4, -0.2) is 34.7 Å². The first kappa shape index (κ1) is 14.1. The molecule has 3 atom stereocenters. The topological polar surface area (TPSA) is 49.5 Å². The lowest BCUT2D eigenvalue weighted by Crippen LogP contribution is -2.45. The SMILES string of the molecule is Cc1ccccc1C(N)CCN1C2CCC1CC(O)C2. The lowest BCUT2D eigenvalue weighted by atomic mass is 9.96. The van der Waals surface area contributed by atoms with Crippen LogP contribution in [0, 0.1) is 6.92 Å². The van der Waals surface area contributed by atoms with Crippen LogP contribution in [-0.2, 0) is 0 Å². The molecular weight excluding hydrogens is 248 g/mol. The van der Waals surface area contributed by atoms with Gasteiger partial charge in [0.05, 0.1) is 6.10 Å². The quantitative estimate of drug-likeness (QED) is 0.886. The van der Waals surface area contributed by atoms with Crippen LogP contribution in [0.25, 0.3) is 0 Å². The summed E-state index contributed by atoms with van der Waals surface area (Å²) in [5.41, 5.74) is 8.94. The number of piperidine rings is 1. The van der Waals surface area contributed by atoms with Crippen molar-refractivity contribution >= 4 is 0 Å². The van der Waals surface area contributed by atoms with Crippen LogP contribution in [0.3, 0.4) is 0 Å². The van der Waals surface area contributed by atoms with Gasteiger partial charge in [-0.2, -0.15) is 0 Å². The van der Waals surface area contributed by atoms with Gasteiger partial charge in [0.1, 0.15) is 0 Å². The monoisotopic (exact) mass is 274 g/mol. The molecule has 2 heterocycles. The largest absolute Gasteiger partial charge is 0.393 e. The molecule has 2 bridgehead atoms. The van der Waals surface area contributed by atoms with Gasteiger partial charge in [-0.15, -0.1) is 0 Å². The first-order valence-electron chi connectivity index (χ1n) is 7.90. The minimum absolute atomic E-state index is 0.0752. The Morgan fingerprint density at radius 1 is 1.25 bits per heavy atom. The van der Waals surface area contributed by atoms with Crippen molar-refractivity contribution in [2.75, 3.05) is 6.54 Å². The van der Waals surface area contributed by atoms with E-state index in [0.717, 1.165) is 25.8 Å². The minimum atomic E-state index is -0.0752. The molecular formula is C17H26N2O. The summed E-state index contributed by atoms with van der Waals surface area (Å²) in [6, 6.07) is 9.73. The molecule has 20 heavy (non-hydrogen) atoms. The molecule has 1 aromatic rings. The molecule has 3 heteroatoms. The van der Waals surface area contributed by atoms with Crippen molar-refractivity contribution < 1.29 is 5.11 Å². The molecule has 0 aliphatic carbocycles. The number of rotatable bonds is 4. The molecule has 0 radical (unpaired) electrons. The van der Waals surface area contributed by atoms with Crippen molar-refractivity contribution in [2.24, 2.45) is 5.73 Å². The summed E-state index contributed by atoms with van der Waals surface area (Å²) in [6.07, 6.45) is 5.34. The Labute approximate surface area is 121 Å². The molecule has 2 saturated heterocycles. The number of aliphatic hydroxyl groups excluding tert-OH is 1. The molecule has 3 unspecified atom stereocenters. The molecule has 2 aliphatic rings. The zero-order valence-corrected chi connectivity index (χ0v) is 12.3. The lowest BCUT2D eigenvalue weighted by molar-refractivity contribution is 0.0340. The number of hydrogen-bond donors (Lipinski definition) is 2. The van der Waals surface area contributed by atoms with Gasteiger partial charge in [-0.05, 0) is 50.2 Å². The summed E-state index contributed by atoms with van der Waals surface area (Å²) in [7, 11) is 0. The van der Waals surface area contributed by atoms with Gasteiger partial charge in [0.2, 0.25) is 0 Å². The van der Waals surface area contributed by atoms with Gasteiger partial charge < -0.3 is 10.8 Å². The molecule has 1 aromatic carbocycles. The van der Waals surface area contributed by atoms with Crippen LogP contribution in [0.5, 0.6) is 0 Å². The average Bonchev–Trinajstić information content (AvgIpc) is 2.67. The highest BCUT2D eigenvalue weighted by atomic mass is 16.3. The van der Waals surface area contributed by atoms with Crippen LogP contribution < -0.4 is 5.73 Å². The fourth-order valence-electron chi connectivity index (χ4n) is 4.06. The molecule has 0 saturated carbocycles. The molecule has 3 rings (SSSR count). The van der Waals surface area contributed by atoms with Gasteiger partial charge in [0, 0.05) is 24.7 Å². The van der Waals surface area contributed by atoms with Crippen molar-refractivity contribution in [1.29, 1.82) is 0 Å². The maximum Gasteiger partial charge on any atom is 0.0570 e. The molecule has 2 aliphatic heterocycles. The van der Waals surface area contributed by atoms with Crippen LogP contribution in [0.1, 0.15) is 49.3 Å². The second-order valence-electron chi connectivity index (χ2n) is 6.50. The van der Waals surface area contributed by atoms with Crippen LogP contribution in [0.2, 0.25) is 0 Å². The standard InChI is InChI=1S/C17H26N2O/c1-12-4-2-3-5-16(12)17(18)8-9-19-13-6-7-14(19)11-15(20)10-13/h2-5,13-15,17,20H,6-11,18H2,1H3. The highest BCUT2D eigenvalue weighted by Crippen LogP contribution is 2.36. The number of fused-ring (bicyclic) bond motifs is 2. The predicted octanol–water partition coefficient (Wildman–Crippen LogP) is 2.37. The van der Waals surface area contributed by atoms with E-state index in [1.807, 2.05) is 0 Å². The van der Waals surface area contributed by atoms with Gasteiger partial charge in [-0.1, -0.05) is 24.3 Å². The third-order valence-electron chi connectivity index (χ3n) is 5.15. The highest BCUT2D eigenvalue weighted by molar-refractivity contribution is 5.28. The smallest absolute Gasteiger partial charge is 0.0570 e. The van der Waals surface area contributed by atoms with E-state index in [1.54, 1.807) is 0 Å². The molecule has 0 amide bonds. The zero-order chi connectivity index (χ0) is 14.1. The van der Waals surface area contributed by atoms with Gasteiger partial charge >= 0.3 is 0 Å². The average molecular weight is 274 g/mol. The number of hydrogen-bond acceptors (Lipinski definition) is 3. The highest BCUT2D eigenvalue weighted by Gasteiger charge is 2.39. The molecule has 3 nitrogen and oxygen atoms in total. The van der Waals surface area contributed by atoms with E-state index in [1.165, 1.54) is 24.0 Å². The third-order valence-corrected chi connectivity index (χ3v) is 5.15. The Balaban J connectivity index is 1.59. The first-order valence-corrected chi connectivity index (χ1v) is 7.90. The van der Waals surface area contributed by atoms with Gasteiger partial charge in [-0.3, -0.25) is 4.90 Å². The normalized spacial score (nSPS) is 31.4. The Morgan fingerprint density at radius 3 is 2.55 bits per heavy atom. The van der Waals surface area contributed by atoms with Crippen molar-refractivity contribution in [3.63, 3.8) is 0 Å². The molecule has 2 fully saturated rings. The number of aryl methyl sites for hydroxylation is 1. The Kier molecular flexibility index (Phi) is 4.11. The summed E-state index contributed by atoms with van der Waals surface area (Å²) in [5, 5.41) is 9.85. The van der Waals surface area contributed by atoms with E-state index < -0.39 is 0 Å². The van der Waals surface area contributed by atoms with E-state index in [0.29, 0.717) is 12.1 Å². The van der Waals surface area contributed by atoms with Crippen LogP contribution in [0.15, 0.2) is 24.3 Å². The third kappa shape index (κ3) is 2.76. The summed E-state index contributed by atoms with van der Waals surface area (Å²) < 4.78 is 0. The van der Waals surface area contributed by atoms with Crippen LogP contribution >= 0.6 is 0 Å². The fourth-order valence-corrected chi connectivity index (χ4v) is 4.06. The number of benzene rings is 1. The van der Waals surface area contributed by atoms with Crippen molar-refractivity contribution in [3.8, 4) is 0 Å². The van der Waals surface area contributed by atoms with Crippen molar-refractivity contribution in [1.82, 2.24) is 4.90 Å². The minimum Gasteiger partial charge on any atom is -0.393 e. The van der Waals surface area contributed by atoms with Gasteiger partial charge in [0.15, 0.2) is 0 Å². The van der Waals surface area contributed by atoms with E-state index in [9.17, 15) is 5.11 Å². The summed E-state index contributed by atoms with van der Waals surface area (Å²) in [5.74, 6) is 0. The second kappa shape index (κ2) is 5.84. The lowest BCUT2D eigenvalue weighted by Gasteiger charge is -2.37. The van der Waals surface area contributed by atoms with Gasteiger partial charge in [-0.25, -0.2) is 0 Å². The second-order valence-corrected chi connectivity index (χ2v) is 6.50. The number of nitrogens with zero attached hydrogens (tertiary/aromatic N) is 1. The van der Waals surface area contributed by atoms with Crippen molar-refractivity contribution in [3.05, 3.63) is 35.4 Å².